The highest BCUT2D eigenvalue weighted by atomic mass is 16.5. The largest absolute Gasteiger partial charge is 0.497 e. The topological polar surface area (TPSA) is 97.3 Å². The number of hydrogen-bond donors (Lipinski definition) is 1. The Morgan fingerprint density at radius 2 is 1.65 bits per heavy atom. The van der Waals surface area contributed by atoms with Crippen LogP contribution in [0.3, 0.4) is 0 Å². The van der Waals surface area contributed by atoms with E-state index in [4.69, 9.17) is 9.47 Å². The number of carbonyl (C=O) groups is 3. The standard InChI is InChI=1S/C29H27N3O5/c1-36-24-15-11-20(12-16-24)26-17-25(19-5-3-2-4-6-19)31-32(26)27(33)18-37-29(35)22-9-13-23(14-10-22)30-28(34)21-7-8-21/h2-6,9-16,21,26H,7-8,17-18H2,1H3,(H,30,34). The quantitative estimate of drug-likeness (QED) is 0.460. The number of amides is 2. The van der Waals surface area contributed by atoms with Crippen molar-refractivity contribution in [1.29, 1.82) is 0 Å². The summed E-state index contributed by atoms with van der Waals surface area (Å²) < 4.78 is 10.6. The molecule has 3 aromatic rings. The molecule has 1 aliphatic carbocycles. The Labute approximate surface area is 214 Å². The van der Waals surface area contributed by atoms with E-state index >= 15 is 0 Å². The lowest BCUT2D eigenvalue weighted by molar-refractivity contribution is -0.136. The van der Waals surface area contributed by atoms with Gasteiger partial charge in [-0.25, -0.2) is 9.80 Å². The second kappa shape index (κ2) is 10.7. The molecule has 1 saturated carbocycles. The Morgan fingerprint density at radius 3 is 2.30 bits per heavy atom. The second-order valence-electron chi connectivity index (χ2n) is 9.06. The van der Waals surface area contributed by atoms with Gasteiger partial charge < -0.3 is 14.8 Å². The van der Waals surface area contributed by atoms with Crippen LogP contribution in [0.15, 0.2) is 84.0 Å². The molecule has 3 aromatic carbocycles. The molecule has 2 amide bonds. The summed E-state index contributed by atoms with van der Waals surface area (Å²) in [6, 6.07) is 23.3. The van der Waals surface area contributed by atoms with Crippen molar-refractivity contribution in [3.63, 3.8) is 0 Å². The molecule has 0 bridgehead atoms. The van der Waals surface area contributed by atoms with Crippen LogP contribution in [0, 0.1) is 5.92 Å². The lowest BCUT2D eigenvalue weighted by atomic mass is 9.98. The summed E-state index contributed by atoms with van der Waals surface area (Å²) in [5.74, 6) is -0.244. The van der Waals surface area contributed by atoms with Gasteiger partial charge in [-0.3, -0.25) is 9.59 Å². The third-order valence-corrected chi connectivity index (χ3v) is 6.44. The minimum atomic E-state index is -0.624. The predicted molar refractivity (Wildman–Crippen MR) is 138 cm³/mol. The zero-order chi connectivity index (χ0) is 25.8. The fourth-order valence-electron chi connectivity index (χ4n) is 4.19. The molecule has 5 rings (SSSR count). The van der Waals surface area contributed by atoms with E-state index in [1.165, 1.54) is 5.01 Å². The minimum Gasteiger partial charge on any atom is -0.497 e. The van der Waals surface area contributed by atoms with Crippen molar-refractivity contribution in [1.82, 2.24) is 5.01 Å². The van der Waals surface area contributed by atoms with Gasteiger partial charge >= 0.3 is 5.97 Å². The van der Waals surface area contributed by atoms with E-state index in [1.807, 2.05) is 54.6 Å². The van der Waals surface area contributed by atoms with Crippen molar-refractivity contribution in [3.05, 3.63) is 95.6 Å². The highest BCUT2D eigenvalue weighted by Crippen LogP contribution is 2.34. The Balaban J connectivity index is 1.26. The molecule has 0 saturated heterocycles. The first kappa shape index (κ1) is 24.2. The molecule has 2 aliphatic rings. The summed E-state index contributed by atoms with van der Waals surface area (Å²) in [6.07, 6.45) is 2.36. The van der Waals surface area contributed by atoms with Crippen LogP contribution >= 0.6 is 0 Å². The Kier molecular flexibility index (Phi) is 6.98. The van der Waals surface area contributed by atoms with Crippen LogP contribution in [0.4, 0.5) is 5.69 Å². The van der Waals surface area contributed by atoms with Gasteiger partial charge in [0, 0.05) is 18.0 Å². The van der Waals surface area contributed by atoms with Gasteiger partial charge in [0.25, 0.3) is 5.91 Å². The van der Waals surface area contributed by atoms with Gasteiger partial charge in [-0.2, -0.15) is 5.10 Å². The summed E-state index contributed by atoms with van der Waals surface area (Å²) in [4.78, 5) is 37.7. The first-order valence-corrected chi connectivity index (χ1v) is 12.2. The van der Waals surface area contributed by atoms with E-state index in [-0.39, 0.29) is 17.9 Å². The molecule has 37 heavy (non-hydrogen) atoms. The molecule has 0 spiro atoms. The van der Waals surface area contributed by atoms with Crippen molar-refractivity contribution in [2.24, 2.45) is 11.0 Å². The van der Waals surface area contributed by atoms with Gasteiger partial charge in [0.05, 0.1) is 24.4 Å². The summed E-state index contributed by atoms with van der Waals surface area (Å²) in [5.41, 5.74) is 3.52. The minimum absolute atomic E-state index is 0.00613. The summed E-state index contributed by atoms with van der Waals surface area (Å²) in [6.45, 7) is -0.447. The zero-order valence-corrected chi connectivity index (χ0v) is 20.4. The SMILES string of the molecule is COc1ccc(C2CC(c3ccccc3)=NN2C(=O)COC(=O)c2ccc(NC(=O)C3CC3)cc2)cc1. The van der Waals surface area contributed by atoms with Crippen LogP contribution < -0.4 is 10.1 Å². The van der Waals surface area contributed by atoms with Crippen molar-refractivity contribution >= 4 is 29.2 Å². The molecule has 0 aromatic heterocycles. The van der Waals surface area contributed by atoms with Gasteiger partial charge in [0.2, 0.25) is 5.91 Å². The second-order valence-corrected chi connectivity index (χ2v) is 9.06. The zero-order valence-electron chi connectivity index (χ0n) is 20.4. The lowest BCUT2D eigenvalue weighted by Crippen LogP contribution is -2.31. The maximum atomic E-state index is 13.2. The molecule has 1 N–H and O–H groups in total. The van der Waals surface area contributed by atoms with E-state index in [0.717, 1.165) is 35.4 Å². The average molecular weight is 498 g/mol. The van der Waals surface area contributed by atoms with Gasteiger partial charge in [0.1, 0.15) is 5.75 Å². The highest BCUT2D eigenvalue weighted by molar-refractivity contribution is 6.03. The number of benzene rings is 3. The summed E-state index contributed by atoms with van der Waals surface area (Å²) in [5, 5.41) is 8.83. The number of hydrazone groups is 1. The smallest absolute Gasteiger partial charge is 0.338 e. The van der Waals surface area contributed by atoms with Crippen molar-refractivity contribution < 1.29 is 23.9 Å². The maximum absolute atomic E-state index is 13.2. The van der Waals surface area contributed by atoms with Gasteiger partial charge in [-0.1, -0.05) is 42.5 Å². The third-order valence-electron chi connectivity index (χ3n) is 6.44. The fourth-order valence-corrected chi connectivity index (χ4v) is 4.19. The normalized spacial score (nSPS) is 16.6. The number of carbonyl (C=O) groups excluding carboxylic acids is 3. The lowest BCUT2D eigenvalue weighted by Gasteiger charge is -2.22. The van der Waals surface area contributed by atoms with E-state index in [0.29, 0.717) is 17.7 Å². The molecule has 8 nitrogen and oxygen atoms in total. The number of ether oxygens (including phenoxy) is 2. The van der Waals surface area contributed by atoms with E-state index < -0.39 is 18.5 Å². The molecule has 8 heteroatoms. The number of hydrogen-bond acceptors (Lipinski definition) is 6. The number of rotatable bonds is 8. The fraction of sp³-hybridized carbons (Fsp3) is 0.241. The molecule has 188 valence electrons. The van der Waals surface area contributed by atoms with Crippen LogP contribution in [0.25, 0.3) is 0 Å². The highest BCUT2D eigenvalue weighted by Gasteiger charge is 2.34. The van der Waals surface area contributed by atoms with Gasteiger partial charge in [0.15, 0.2) is 6.61 Å². The number of esters is 1. The monoisotopic (exact) mass is 497 g/mol. The van der Waals surface area contributed by atoms with Crippen LogP contribution in [0.5, 0.6) is 5.75 Å². The molecule has 1 atom stereocenters. The van der Waals surface area contributed by atoms with Crippen molar-refractivity contribution in [3.8, 4) is 5.75 Å². The Morgan fingerprint density at radius 1 is 0.946 bits per heavy atom. The Hall–Kier alpha value is -4.46. The molecular weight excluding hydrogens is 470 g/mol. The molecule has 1 fully saturated rings. The number of anilines is 1. The van der Waals surface area contributed by atoms with Crippen LogP contribution in [0.2, 0.25) is 0 Å². The molecule has 1 aliphatic heterocycles. The molecule has 0 radical (unpaired) electrons. The van der Waals surface area contributed by atoms with Crippen molar-refractivity contribution in [2.75, 3.05) is 19.0 Å². The van der Waals surface area contributed by atoms with Crippen LogP contribution in [-0.2, 0) is 14.3 Å². The molecule has 1 unspecified atom stereocenters. The van der Waals surface area contributed by atoms with Crippen LogP contribution in [0.1, 0.15) is 46.8 Å². The average Bonchev–Trinajstić information content (AvgIpc) is 3.71. The number of methoxy groups -OCH3 is 1. The predicted octanol–water partition coefficient (Wildman–Crippen LogP) is 4.58. The molecular formula is C29H27N3O5. The summed E-state index contributed by atoms with van der Waals surface area (Å²) >= 11 is 0. The van der Waals surface area contributed by atoms with Gasteiger partial charge in [-0.05, 0) is 60.4 Å². The Bertz CT molecular complexity index is 1320. The van der Waals surface area contributed by atoms with Crippen molar-refractivity contribution in [2.45, 2.75) is 25.3 Å². The van der Waals surface area contributed by atoms with E-state index in [1.54, 1.807) is 31.4 Å². The number of nitrogens with zero attached hydrogens (tertiary/aromatic N) is 2. The third kappa shape index (κ3) is 5.69. The molecule has 1 heterocycles. The summed E-state index contributed by atoms with van der Waals surface area (Å²) in [7, 11) is 1.60. The first-order chi connectivity index (χ1) is 18.0. The van der Waals surface area contributed by atoms with E-state index in [9.17, 15) is 14.4 Å². The van der Waals surface area contributed by atoms with E-state index in [2.05, 4.69) is 10.4 Å². The number of nitrogens with one attached hydrogen (secondary N) is 1. The van der Waals surface area contributed by atoms with Gasteiger partial charge in [-0.15, -0.1) is 0 Å². The maximum Gasteiger partial charge on any atom is 0.338 e. The first-order valence-electron chi connectivity index (χ1n) is 12.2. The van der Waals surface area contributed by atoms with Crippen LogP contribution in [-0.4, -0.2) is 42.2 Å².